The number of nitro benzene ring substituents is 1. The highest BCUT2D eigenvalue weighted by Crippen LogP contribution is 2.35. The van der Waals surface area contributed by atoms with E-state index in [-0.39, 0.29) is 5.69 Å². The molecule has 0 aromatic heterocycles. The lowest BCUT2D eigenvalue weighted by atomic mass is 10.0. The van der Waals surface area contributed by atoms with Crippen LogP contribution in [0, 0.1) is 10.1 Å². The van der Waals surface area contributed by atoms with Crippen LogP contribution in [-0.4, -0.2) is 4.92 Å². The molecule has 0 atom stereocenters. The quantitative estimate of drug-likeness (QED) is 0.591. The van der Waals surface area contributed by atoms with Gasteiger partial charge in [0.1, 0.15) is 0 Å². The van der Waals surface area contributed by atoms with Crippen LogP contribution in [-0.2, 0) is 0 Å². The van der Waals surface area contributed by atoms with E-state index in [4.69, 9.17) is 23.2 Å². The molecule has 0 aliphatic heterocycles. The van der Waals surface area contributed by atoms with E-state index in [0.717, 1.165) is 0 Å². The van der Waals surface area contributed by atoms with E-state index in [1.807, 2.05) is 0 Å². The van der Waals surface area contributed by atoms with E-state index in [0.29, 0.717) is 21.2 Å². The average Bonchev–Trinajstić information content (AvgIpc) is 2.30. The molecular formula is C12H7Cl2NO2. The van der Waals surface area contributed by atoms with Crippen molar-refractivity contribution in [1.82, 2.24) is 0 Å². The van der Waals surface area contributed by atoms with E-state index in [9.17, 15) is 10.1 Å². The summed E-state index contributed by atoms with van der Waals surface area (Å²) in [6, 6.07) is 11.5. The Balaban J connectivity index is 2.68. The predicted molar refractivity (Wildman–Crippen MR) is 68.6 cm³/mol. The molecule has 0 amide bonds. The topological polar surface area (TPSA) is 43.1 Å². The minimum absolute atomic E-state index is 0.0504. The number of nitrogens with zero attached hydrogens (tertiary/aromatic N) is 1. The molecule has 0 radical (unpaired) electrons. The van der Waals surface area contributed by atoms with Crippen LogP contribution in [0.1, 0.15) is 0 Å². The molecule has 0 N–H and O–H groups in total. The van der Waals surface area contributed by atoms with Crippen LogP contribution in [0.4, 0.5) is 5.69 Å². The van der Waals surface area contributed by atoms with Gasteiger partial charge in [-0.3, -0.25) is 10.1 Å². The fraction of sp³-hybridized carbons (Fsp3) is 0. The van der Waals surface area contributed by atoms with Gasteiger partial charge in [-0.1, -0.05) is 41.4 Å². The van der Waals surface area contributed by atoms with Gasteiger partial charge in [-0.05, 0) is 18.2 Å². The van der Waals surface area contributed by atoms with Crippen LogP contribution in [0.25, 0.3) is 11.1 Å². The van der Waals surface area contributed by atoms with Crippen molar-refractivity contribution in [3.63, 3.8) is 0 Å². The molecule has 0 aliphatic rings. The second kappa shape index (κ2) is 4.73. The Bertz CT molecular complexity index is 584. The van der Waals surface area contributed by atoms with Gasteiger partial charge in [0.15, 0.2) is 0 Å². The summed E-state index contributed by atoms with van der Waals surface area (Å²) in [6.07, 6.45) is 0. The zero-order valence-electron chi connectivity index (χ0n) is 8.56. The SMILES string of the molecule is O=[N+]([O-])c1cc(Cl)ccc1-c1ccccc1Cl. The number of hydrogen-bond donors (Lipinski definition) is 0. The Morgan fingerprint density at radius 3 is 2.35 bits per heavy atom. The van der Waals surface area contributed by atoms with Gasteiger partial charge in [0.25, 0.3) is 5.69 Å². The summed E-state index contributed by atoms with van der Waals surface area (Å²) in [6.45, 7) is 0. The first-order chi connectivity index (χ1) is 8.09. The van der Waals surface area contributed by atoms with Gasteiger partial charge in [0.05, 0.1) is 10.5 Å². The lowest BCUT2D eigenvalue weighted by Crippen LogP contribution is -1.92. The smallest absolute Gasteiger partial charge is 0.258 e. The van der Waals surface area contributed by atoms with E-state index < -0.39 is 4.92 Å². The highest BCUT2D eigenvalue weighted by atomic mass is 35.5. The highest BCUT2D eigenvalue weighted by molar-refractivity contribution is 6.33. The van der Waals surface area contributed by atoms with Crippen molar-refractivity contribution in [2.75, 3.05) is 0 Å². The van der Waals surface area contributed by atoms with Crippen LogP contribution >= 0.6 is 23.2 Å². The van der Waals surface area contributed by atoms with Crippen molar-refractivity contribution in [2.45, 2.75) is 0 Å². The Morgan fingerprint density at radius 1 is 1.00 bits per heavy atom. The van der Waals surface area contributed by atoms with Crippen LogP contribution in [0.15, 0.2) is 42.5 Å². The molecule has 0 bridgehead atoms. The molecule has 5 heteroatoms. The van der Waals surface area contributed by atoms with Crippen molar-refractivity contribution in [1.29, 1.82) is 0 Å². The van der Waals surface area contributed by atoms with Gasteiger partial charge >= 0.3 is 0 Å². The van der Waals surface area contributed by atoms with Gasteiger partial charge in [0, 0.05) is 21.7 Å². The van der Waals surface area contributed by atoms with Crippen molar-refractivity contribution >= 4 is 28.9 Å². The molecule has 0 heterocycles. The molecule has 0 aliphatic carbocycles. The van der Waals surface area contributed by atoms with Crippen molar-refractivity contribution in [3.8, 4) is 11.1 Å². The molecule has 86 valence electrons. The molecule has 2 rings (SSSR count). The Kier molecular flexibility index (Phi) is 3.31. The minimum atomic E-state index is -0.468. The number of hydrogen-bond acceptors (Lipinski definition) is 2. The number of halogens is 2. The normalized spacial score (nSPS) is 10.2. The molecule has 3 nitrogen and oxygen atoms in total. The predicted octanol–water partition coefficient (Wildman–Crippen LogP) is 4.57. The van der Waals surface area contributed by atoms with Crippen LogP contribution in [0.3, 0.4) is 0 Å². The number of rotatable bonds is 2. The summed E-state index contributed by atoms with van der Waals surface area (Å²) < 4.78 is 0. The maximum atomic E-state index is 11.0. The van der Waals surface area contributed by atoms with Gasteiger partial charge in [-0.15, -0.1) is 0 Å². The average molecular weight is 268 g/mol. The lowest BCUT2D eigenvalue weighted by molar-refractivity contribution is -0.384. The first-order valence-corrected chi connectivity index (χ1v) is 5.54. The third-order valence-corrected chi connectivity index (χ3v) is 2.89. The zero-order chi connectivity index (χ0) is 12.4. The van der Waals surface area contributed by atoms with Crippen molar-refractivity contribution in [3.05, 3.63) is 62.6 Å². The summed E-state index contributed by atoms with van der Waals surface area (Å²) in [5.74, 6) is 0. The summed E-state index contributed by atoms with van der Waals surface area (Å²) in [7, 11) is 0. The maximum absolute atomic E-state index is 11.0. The standard InChI is InChI=1S/C12H7Cl2NO2/c13-8-5-6-10(12(7-8)15(16)17)9-3-1-2-4-11(9)14/h1-7H. The second-order valence-electron chi connectivity index (χ2n) is 3.40. The number of benzene rings is 2. The third kappa shape index (κ3) is 2.40. The van der Waals surface area contributed by atoms with Gasteiger partial charge in [-0.2, -0.15) is 0 Å². The van der Waals surface area contributed by atoms with Crippen molar-refractivity contribution < 1.29 is 4.92 Å². The zero-order valence-corrected chi connectivity index (χ0v) is 10.1. The molecular weight excluding hydrogens is 261 g/mol. The maximum Gasteiger partial charge on any atom is 0.278 e. The van der Waals surface area contributed by atoms with E-state index in [1.165, 1.54) is 6.07 Å². The fourth-order valence-electron chi connectivity index (χ4n) is 1.56. The minimum Gasteiger partial charge on any atom is -0.258 e. The van der Waals surface area contributed by atoms with Gasteiger partial charge in [0.2, 0.25) is 0 Å². The molecule has 17 heavy (non-hydrogen) atoms. The van der Waals surface area contributed by atoms with Crippen LogP contribution in [0.2, 0.25) is 10.0 Å². The summed E-state index contributed by atoms with van der Waals surface area (Å²) in [4.78, 5) is 10.5. The molecule has 2 aromatic rings. The van der Waals surface area contributed by atoms with E-state index >= 15 is 0 Å². The molecule has 0 saturated carbocycles. The Labute approximate surface area is 108 Å². The largest absolute Gasteiger partial charge is 0.278 e. The van der Waals surface area contributed by atoms with Crippen LogP contribution < -0.4 is 0 Å². The molecule has 2 aromatic carbocycles. The number of nitro groups is 1. The van der Waals surface area contributed by atoms with Gasteiger partial charge < -0.3 is 0 Å². The molecule has 0 fully saturated rings. The van der Waals surface area contributed by atoms with E-state index in [2.05, 4.69) is 0 Å². The Hall–Kier alpha value is -1.58. The monoisotopic (exact) mass is 267 g/mol. The first-order valence-electron chi connectivity index (χ1n) is 4.78. The van der Waals surface area contributed by atoms with Crippen LogP contribution in [0.5, 0.6) is 0 Å². The van der Waals surface area contributed by atoms with Gasteiger partial charge in [-0.25, -0.2) is 0 Å². The van der Waals surface area contributed by atoms with E-state index in [1.54, 1.807) is 36.4 Å². The summed E-state index contributed by atoms with van der Waals surface area (Å²) in [5, 5.41) is 11.8. The second-order valence-corrected chi connectivity index (χ2v) is 4.24. The summed E-state index contributed by atoms with van der Waals surface area (Å²) >= 11 is 11.8. The molecule has 0 unspecified atom stereocenters. The Morgan fingerprint density at radius 2 is 1.71 bits per heavy atom. The highest BCUT2D eigenvalue weighted by Gasteiger charge is 2.17. The first kappa shape index (κ1) is 11.9. The third-order valence-electron chi connectivity index (χ3n) is 2.32. The van der Waals surface area contributed by atoms with Crippen molar-refractivity contribution in [2.24, 2.45) is 0 Å². The lowest BCUT2D eigenvalue weighted by Gasteiger charge is -2.05. The molecule has 0 spiro atoms. The fourth-order valence-corrected chi connectivity index (χ4v) is 1.97. The summed E-state index contributed by atoms with van der Waals surface area (Å²) in [5.41, 5.74) is 1.04. The molecule has 0 saturated heterocycles.